The van der Waals surface area contributed by atoms with Crippen LogP contribution in [0.1, 0.15) is 27.3 Å². The van der Waals surface area contributed by atoms with E-state index < -0.39 is 12.1 Å². The monoisotopic (exact) mass is 439 g/mol. The number of amides is 1. The molecule has 28 heavy (non-hydrogen) atoms. The van der Waals surface area contributed by atoms with Crippen LogP contribution < -0.4 is 11.1 Å². The lowest BCUT2D eigenvalue weighted by Crippen LogP contribution is -2.34. The van der Waals surface area contributed by atoms with Crippen molar-refractivity contribution in [3.8, 4) is 0 Å². The molecule has 1 unspecified atom stereocenters. The van der Waals surface area contributed by atoms with E-state index in [0.29, 0.717) is 28.8 Å². The summed E-state index contributed by atoms with van der Waals surface area (Å²) >= 11 is 7.53. The number of nitrogens with one attached hydrogen (secondary N) is 1. The summed E-state index contributed by atoms with van der Waals surface area (Å²) in [6.07, 6.45) is -4.25. The third-order valence-electron chi connectivity index (χ3n) is 3.93. The van der Waals surface area contributed by atoms with Gasteiger partial charge in [-0.3, -0.25) is 4.79 Å². The van der Waals surface area contributed by atoms with Crippen LogP contribution in [0.25, 0.3) is 10.2 Å². The molecule has 4 N–H and O–H groups in total. The Morgan fingerprint density at radius 1 is 1.39 bits per heavy atom. The van der Waals surface area contributed by atoms with Crippen molar-refractivity contribution in [1.29, 1.82) is 0 Å². The van der Waals surface area contributed by atoms with E-state index in [4.69, 9.17) is 32.0 Å². The summed E-state index contributed by atoms with van der Waals surface area (Å²) in [4.78, 5) is 26.9. The van der Waals surface area contributed by atoms with E-state index in [1.165, 1.54) is 11.3 Å². The van der Waals surface area contributed by atoms with E-state index in [-0.39, 0.29) is 11.9 Å². The number of nitrogens with zero attached hydrogens (tertiary/aromatic N) is 1. The largest absolute Gasteiger partial charge is 0.490 e. The lowest BCUT2D eigenvalue weighted by atomic mass is 10.1. The fourth-order valence-corrected chi connectivity index (χ4v) is 3.76. The van der Waals surface area contributed by atoms with Crippen molar-refractivity contribution in [2.24, 2.45) is 0 Å². The van der Waals surface area contributed by atoms with Gasteiger partial charge in [-0.2, -0.15) is 13.2 Å². The molecule has 1 amide bonds. The molecule has 1 aliphatic rings. The smallest absolute Gasteiger partial charge is 0.475 e. The number of carbonyl (C=O) groups is 2. The molecule has 0 bridgehead atoms. The molecule has 1 saturated heterocycles. The Balaban J connectivity index is 0.000000345. The molecule has 1 fully saturated rings. The van der Waals surface area contributed by atoms with Crippen LogP contribution in [-0.2, 0) is 9.53 Å². The molecular weight excluding hydrogens is 423 g/mol. The number of thiophene rings is 1. The number of carboxylic acid groups (broad SMARTS) is 1. The maximum absolute atomic E-state index is 12.4. The summed E-state index contributed by atoms with van der Waals surface area (Å²) in [6.45, 7) is 4.98. The van der Waals surface area contributed by atoms with Gasteiger partial charge in [-0.1, -0.05) is 11.6 Å². The molecule has 0 spiro atoms. The van der Waals surface area contributed by atoms with Crippen LogP contribution in [0.4, 0.5) is 18.9 Å². The third kappa shape index (κ3) is 4.83. The maximum Gasteiger partial charge on any atom is 0.490 e. The molecule has 7 nitrogen and oxygen atoms in total. The molecule has 12 heteroatoms. The molecule has 3 rings (SSSR count). The molecule has 0 aliphatic carbocycles. The SMILES string of the molecule is Cc1nc2sc(C(=O)NC3CCOC3)c(N)c2c(C)c1Cl.O=C(O)C(F)(F)F. The summed E-state index contributed by atoms with van der Waals surface area (Å²) < 4.78 is 37.0. The van der Waals surface area contributed by atoms with Gasteiger partial charge in [0.05, 0.1) is 29.1 Å². The number of hydrogen-bond acceptors (Lipinski definition) is 6. The summed E-state index contributed by atoms with van der Waals surface area (Å²) in [5, 5.41) is 11.5. The van der Waals surface area contributed by atoms with E-state index in [1.807, 2.05) is 13.8 Å². The fraction of sp³-hybridized carbons (Fsp3) is 0.438. The summed E-state index contributed by atoms with van der Waals surface area (Å²) in [5.41, 5.74) is 8.23. The van der Waals surface area contributed by atoms with Crippen LogP contribution in [0, 0.1) is 13.8 Å². The number of anilines is 1. The van der Waals surface area contributed by atoms with Gasteiger partial charge >= 0.3 is 12.1 Å². The number of hydrogen-bond donors (Lipinski definition) is 3. The molecule has 0 saturated carbocycles. The Bertz CT molecular complexity index is 911. The second kappa shape index (κ2) is 8.50. The number of carbonyl (C=O) groups excluding carboxylic acids is 1. The van der Waals surface area contributed by atoms with E-state index >= 15 is 0 Å². The first-order valence-electron chi connectivity index (χ1n) is 7.96. The van der Waals surface area contributed by atoms with Crippen molar-refractivity contribution in [1.82, 2.24) is 10.3 Å². The summed E-state index contributed by atoms with van der Waals surface area (Å²) in [5.74, 6) is -2.92. The van der Waals surface area contributed by atoms with Crippen molar-refractivity contribution in [3.05, 3.63) is 21.2 Å². The van der Waals surface area contributed by atoms with Gasteiger partial charge < -0.3 is 20.9 Å². The number of fused-ring (bicyclic) bond motifs is 1. The van der Waals surface area contributed by atoms with E-state index in [2.05, 4.69) is 10.3 Å². The van der Waals surface area contributed by atoms with Crippen molar-refractivity contribution >= 4 is 50.7 Å². The van der Waals surface area contributed by atoms with Crippen LogP contribution in [0.15, 0.2) is 0 Å². The third-order valence-corrected chi connectivity index (χ3v) is 5.59. The molecule has 3 heterocycles. The van der Waals surface area contributed by atoms with Gasteiger partial charge in [0.25, 0.3) is 5.91 Å². The number of aliphatic carboxylic acids is 1. The van der Waals surface area contributed by atoms with Crippen molar-refractivity contribution in [2.75, 3.05) is 18.9 Å². The zero-order valence-corrected chi connectivity index (χ0v) is 16.4. The van der Waals surface area contributed by atoms with Gasteiger partial charge in [-0.05, 0) is 25.8 Å². The highest BCUT2D eigenvalue weighted by Crippen LogP contribution is 2.38. The van der Waals surface area contributed by atoms with Crippen LogP contribution in [0.2, 0.25) is 5.02 Å². The van der Waals surface area contributed by atoms with Gasteiger partial charge in [0, 0.05) is 12.0 Å². The predicted molar refractivity (Wildman–Crippen MR) is 98.9 cm³/mol. The lowest BCUT2D eigenvalue weighted by molar-refractivity contribution is -0.192. The standard InChI is InChI=1S/C14H16ClN3O2S.C2HF3O2/c1-6-9-11(16)12(13(19)18-8-3-4-20-5-8)21-14(9)17-7(2)10(6)15;3-2(4,5)1(6)7/h8H,3-5,16H2,1-2H3,(H,18,19);(H,6,7). The average Bonchev–Trinajstić information content (AvgIpc) is 3.20. The Labute approximate surface area is 166 Å². The highest BCUT2D eigenvalue weighted by molar-refractivity contribution is 7.21. The Hall–Kier alpha value is -2.11. The maximum atomic E-state index is 12.4. The Kier molecular flexibility index (Phi) is 6.73. The van der Waals surface area contributed by atoms with Gasteiger partial charge in [0.2, 0.25) is 0 Å². The normalized spacial score (nSPS) is 16.6. The van der Waals surface area contributed by atoms with Gasteiger partial charge in [-0.25, -0.2) is 9.78 Å². The summed E-state index contributed by atoms with van der Waals surface area (Å²) in [6, 6.07) is 0.0569. The zero-order chi connectivity index (χ0) is 21.2. The minimum Gasteiger partial charge on any atom is -0.475 e. The van der Waals surface area contributed by atoms with Crippen molar-refractivity contribution in [2.45, 2.75) is 32.5 Å². The first-order chi connectivity index (χ1) is 12.9. The second-order valence-corrected chi connectivity index (χ2v) is 7.38. The number of alkyl halides is 3. The number of aromatic nitrogens is 1. The molecule has 154 valence electrons. The van der Waals surface area contributed by atoms with Crippen LogP contribution in [0.3, 0.4) is 0 Å². The number of carboxylic acids is 1. The highest BCUT2D eigenvalue weighted by Gasteiger charge is 2.38. The summed E-state index contributed by atoms with van der Waals surface area (Å²) in [7, 11) is 0. The van der Waals surface area contributed by atoms with Crippen molar-refractivity contribution < 1.29 is 32.6 Å². The average molecular weight is 440 g/mol. The Morgan fingerprint density at radius 2 is 2.00 bits per heavy atom. The van der Waals surface area contributed by atoms with Gasteiger partial charge in [-0.15, -0.1) is 11.3 Å². The number of nitrogen functional groups attached to an aromatic ring is 1. The van der Waals surface area contributed by atoms with Crippen LogP contribution in [-0.4, -0.2) is 47.4 Å². The van der Waals surface area contributed by atoms with E-state index in [9.17, 15) is 18.0 Å². The molecule has 1 atom stereocenters. The number of nitrogens with two attached hydrogens (primary N) is 1. The van der Waals surface area contributed by atoms with E-state index in [0.717, 1.165) is 27.9 Å². The fourth-order valence-electron chi connectivity index (χ4n) is 2.52. The number of aryl methyl sites for hydroxylation is 2. The van der Waals surface area contributed by atoms with Gasteiger partial charge in [0.1, 0.15) is 9.71 Å². The molecule has 0 radical (unpaired) electrons. The number of rotatable bonds is 2. The minimum absolute atomic E-state index is 0.0569. The number of pyridine rings is 1. The molecule has 2 aromatic heterocycles. The van der Waals surface area contributed by atoms with Crippen LogP contribution >= 0.6 is 22.9 Å². The van der Waals surface area contributed by atoms with E-state index in [1.54, 1.807) is 0 Å². The quantitative estimate of drug-likeness (QED) is 0.661. The first kappa shape index (κ1) is 22.2. The zero-order valence-electron chi connectivity index (χ0n) is 14.8. The molecule has 0 aromatic carbocycles. The van der Waals surface area contributed by atoms with Gasteiger partial charge in [0.15, 0.2) is 0 Å². The predicted octanol–water partition coefficient (Wildman–Crippen LogP) is 3.30. The second-order valence-electron chi connectivity index (χ2n) is 6.00. The number of ether oxygens (including phenoxy) is 1. The Morgan fingerprint density at radius 3 is 2.50 bits per heavy atom. The molecule has 1 aliphatic heterocycles. The minimum atomic E-state index is -5.08. The highest BCUT2D eigenvalue weighted by atomic mass is 35.5. The number of halogens is 4. The molecular formula is C16H17ClF3N3O4S. The molecule has 2 aromatic rings. The first-order valence-corrected chi connectivity index (χ1v) is 9.16. The van der Waals surface area contributed by atoms with Crippen LogP contribution in [0.5, 0.6) is 0 Å². The lowest BCUT2D eigenvalue weighted by Gasteiger charge is -2.09. The van der Waals surface area contributed by atoms with Crippen molar-refractivity contribution in [3.63, 3.8) is 0 Å². The topological polar surface area (TPSA) is 115 Å².